The second-order valence-electron chi connectivity index (χ2n) is 7.69. The molecule has 120 valence electrons. The first-order valence-corrected chi connectivity index (χ1v) is 8.82. The Morgan fingerprint density at radius 1 is 1.14 bits per heavy atom. The van der Waals surface area contributed by atoms with Gasteiger partial charge < -0.3 is 15.3 Å². The van der Waals surface area contributed by atoms with Crippen LogP contribution in [0.4, 0.5) is 4.79 Å². The van der Waals surface area contributed by atoms with Crippen molar-refractivity contribution in [2.75, 3.05) is 19.7 Å². The van der Waals surface area contributed by atoms with Gasteiger partial charge in [-0.15, -0.1) is 0 Å². The maximum atomic E-state index is 12.6. The molecule has 0 aliphatic heterocycles. The fraction of sp³-hybridized carbons (Fsp3) is 0.941. The number of nitrogens with one attached hydrogen (secondary N) is 1. The van der Waals surface area contributed by atoms with Gasteiger partial charge in [-0.2, -0.15) is 0 Å². The summed E-state index contributed by atoms with van der Waals surface area (Å²) in [5, 5.41) is 12.6. The molecule has 2 N–H and O–H groups in total. The van der Waals surface area contributed by atoms with Crippen LogP contribution >= 0.6 is 0 Å². The van der Waals surface area contributed by atoms with Gasteiger partial charge in [-0.1, -0.05) is 13.3 Å². The summed E-state index contributed by atoms with van der Waals surface area (Å²) in [6.45, 7) is 3.40. The second kappa shape index (κ2) is 6.15. The van der Waals surface area contributed by atoms with Crippen molar-refractivity contribution in [1.29, 1.82) is 0 Å². The minimum Gasteiger partial charge on any atom is -0.395 e. The van der Waals surface area contributed by atoms with Gasteiger partial charge in [0.1, 0.15) is 0 Å². The number of hydrogen-bond donors (Lipinski definition) is 2. The van der Waals surface area contributed by atoms with E-state index in [0.29, 0.717) is 6.54 Å². The number of aliphatic hydroxyl groups excluding tert-OH is 1. The van der Waals surface area contributed by atoms with Gasteiger partial charge >= 0.3 is 6.03 Å². The summed E-state index contributed by atoms with van der Waals surface area (Å²) in [5.74, 6) is 2.54. The molecule has 0 atom stereocenters. The van der Waals surface area contributed by atoms with Gasteiger partial charge in [0, 0.05) is 18.6 Å². The Bertz CT molecular complexity index is 348. The highest BCUT2D eigenvalue weighted by molar-refractivity contribution is 5.75. The number of carbonyl (C=O) groups excluding carboxylic acids is 1. The highest BCUT2D eigenvalue weighted by Crippen LogP contribution is 2.55. The molecule has 4 fully saturated rings. The molecule has 0 aromatic carbocycles. The van der Waals surface area contributed by atoms with Crippen molar-refractivity contribution in [1.82, 2.24) is 10.2 Å². The molecular formula is C17H30N2O2. The van der Waals surface area contributed by atoms with Crippen LogP contribution in [-0.2, 0) is 0 Å². The quantitative estimate of drug-likeness (QED) is 0.791. The normalized spacial score (nSPS) is 36.8. The van der Waals surface area contributed by atoms with Gasteiger partial charge in [0.25, 0.3) is 0 Å². The Balaban J connectivity index is 1.63. The van der Waals surface area contributed by atoms with E-state index in [-0.39, 0.29) is 18.2 Å². The van der Waals surface area contributed by atoms with E-state index < -0.39 is 0 Å². The second-order valence-corrected chi connectivity index (χ2v) is 7.69. The van der Waals surface area contributed by atoms with Crippen molar-refractivity contribution in [3.8, 4) is 0 Å². The molecule has 4 rings (SSSR count). The van der Waals surface area contributed by atoms with Gasteiger partial charge in [0.2, 0.25) is 0 Å². The Hall–Kier alpha value is -0.770. The highest BCUT2D eigenvalue weighted by atomic mass is 16.3. The average Bonchev–Trinajstić information content (AvgIpc) is 2.41. The van der Waals surface area contributed by atoms with Crippen LogP contribution in [-0.4, -0.2) is 41.3 Å². The maximum Gasteiger partial charge on any atom is 0.317 e. The summed E-state index contributed by atoms with van der Waals surface area (Å²) < 4.78 is 0. The summed E-state index contributed by atoms with van der Waals surface area (Å²) in [6.07, 6.45) is 9.82. The van der Waals surface area contributed by atoms with E-state index in [9.17, 15) is 9.90 Å². The van der Waals surface area contributed by atoms with E-state index in [4.69, 9.17) is 0 Å². The number of unbranched alkanes of at least 4 members (excludes halogenated alkanes) is 1. The van der Waals surface area contributed by atoms with Crippen molar-refractivity contribution in [2.45, 2.75) is 63.8 Å². The van der Waals surface area contributed by atoms with Gasteiger partial charge in [0.05, 0.1) is 6.61 Å². The highest BCUT2D eigenvalue weighted by Gasteiger charge is 2.51. The summed E-state index contributed by atoms with van der Waals surface area (Å²) in [6, 6.07) is 0.0550. The number of urea groups is 1. The van der Waals surface area contributed by atoms with Crippen molar-refractivity contribution in [3.63, 3.8) is 0 Å². The zero-order valence-corrected chi connectivity index (χ0v) is 13.3. The number of rotatable bonds is 6. The van der Waals surface area contributed by atoms with E-state index in [1.165, 1.54) is 38.5 Å². The minimum absolute atomic E-state index is 0.0536. The SMILES string of the molecule is CCCCN(CCO)C(=O)NC12CC3CC(CC(C3)C1)C2. The zero-order valence-electron chi connectivity index (χ0n) is 13.3. The monoisotopic (exact) mass is 294 g/mol. The molecule has 0 aromatic heterocycles. The minimum atomic E-state index is 0.0536. The molecule has 0 saturated heterocycles. The number of nitrogens with zero attached hydrogens (tertiary/aromatic N) is 1. The topological polar surface area (TPSA) is 52.6 Å². The standard InChI is InChI=1S/C17H30N2O2/c1-2-3-4-19(5-6-20)16(21)18-17-10-13-7-14(11-17)9-15(8-13)12-17/h13-15,20H,2-12H2,1H3,(H,18,21). The molecule has 4 nitrogen and oxygen atoms in total. The van der Waals surface area contributed by atoms with Crippen LogP contribution in [0.25, 0.3) is 0 Å². The fourth-order valence-electron chi connectivity index (χ4n) is 5.35. The smallest absolute Gasteiger partial charge is 0.317 e. The molecule has 4 aliphatic rings. The molecule has 0 spiro atoms. The summed E-state index contributed by atoms with van der Waals surface area (Å²) >= 11 is 0. The third-order valence-corrected chi connectivity index (χ3v) is 5.85. The molecule has 4 bridgehead atoms. The molecular weight excluding hydrogens is 264 g/mol. The number of aliphatic hydroxyl groups is 1. The Morgan fingerprint density at radius 3 is 2.19 bits per heavy atom. The van der Waals surface area contributed by atoms with E-state index >= 15 is 0 Å². The van der Waals surface area contributed by atoms with E-state index in [1.54, 1.807) is 0 Å². The molecule has 21 heavy (non-hydrogen) atoms. The van der Waals surface area contributed by atoms with E-state index in [2.05, 4.69) is 12.2 Å². The molecule has 0 radical (unpaired) electrons. The number of hydrogen-bond acceptors (Lipinski definition) is 2. The average molecular weight is 294 g/mol. The Labute approximate surface area is 128 Å². The first-order chi connectivity index (χ1) is 10.1. The molecule has 4 saturated carbocycles. The maximum absolute atomic E-state index is 12.6. The van der Waals surface area contributed by atoms with Gasteiger partial charge in [-0.3, -0.25) is 0 Å². The van der Waals surface area contributed by atoms with Crippen LogP contribution in [0, 0.1) is 17.8 Å². The molecule has 4 heteroatoms. The molecule has 0 aromatic rings. The Kier molecular flexibility index (Phi) is 4.43. The lowest BCUT2D eigenvalue weighted by Gasteiger charge is -2.57. The van der Waals surface area contributed by atoms with Crippen molar-refractivity contribution < 1.29 is 9.90 Å². The molecule has 0 unspecified atom stereocenters. The van der Waals surface area contributed by atoms with Crippen LogP contribution in [0.5, 0.6) is 0 Å². The molecule has 0 heterocycles. The molecule has 2 amide bonds. The van der Waals surface area contributed by atoms with Crippen LogP contribution < -0.4 is 5.32 Å². The Morgan fingerprint density at radius 2 is 1.71 bits per heavy atom. The van der Waals surface area contributed by atoms with E-state index in [1.807, 2.05) is 4.90 Å². The van der Waals surface area contributed by atoms with Crippen LogP contribution in [0.3, 0.4) is 0 Å². The first kappa shape index (κ1) is 15.1. The summed E-state index contributed by atoms with van der Waals surface area (Å²) in [4.78, 5) is 14.4. The third kappa shape index (κ3) is 3.20. The van der Waals surface area contributed by atoms with Crippen LogP contribution in [0.1, 0.15) is 58.3 Å². The van der Waals surface area contributed by atoms with Crippen LogP contribution in [0.2, 0.25) is 0 Å². The lowest BCUT2D eigenvalue weighted by Crippen LogP contribution is -2.62. The molecule has 4 aliphatic carbocycles. The van der Waals surface area contributed by atoms with Gasteiger partial charge in [0.15, 0.2) is 0 Å². The lowest BCUT2D eigenvalue weighted by molar-refractivity contribution is -0.0159. The number of amides is 2. The van der Waals surface area contributed by atoms with Crippen molar-refractivity contribution in [2.24, 2.45) is 17.8 Å². The summed E-state index contributed by atoms with van der Waals surface area (Å²) in [5.41, 5.74) is 0.0752. The van der Waals surface area contributed by atoms with Crippen LogP contribution in [0.15, 0.2) is 0 Å². The van der Waals surface area contributed by atoms with Crippen molar-refractivity contribution in [3.05, 3.63) is 0 Å². The fourth-order valence-corrected chi connectivity index (χ4v) is 5.35. The zero-order chi connectivity index (χ0) is 14.9. The van der Waals surface area contributed by atoms with Crippen molar-refractivity contribution >= 4 is 6.03 Å². The first-order valence-electron chi connectivity index (χ1n) is 8.82. The number of carbonyl (C=O) groups is 1. The van der Waals surface area contributed by atoms with E-state index in [0.717, 1.165) is 37.1 Å². The predicted octanol–water partition coefficient (Wildman–Crippen LogP) is 2.76. The lowest BCUT2D eigenvalue weighted by atomic mass is 9.53. The third-order valence-electron chi connectivity index (χ3n) is 5.85. The van der Waals surface area contributed by atoms with Gasteiger partial charge in [-0.05, 0) is 62.7 Å². The largest absolute Gasteiger partial charge is 0.395 e. The predicted molar refractivity (Wildman–Crippen MR) is 83.0 cm³/mol. The summed E-state index contributed by atoms with van der Waals surface area (Å²) in [7, 11) is 0. The van der Waals surface area contributed by atoms with Gasteiger partial charge in [-0.25, -0.2) is 4.79 Å².